The summed E-state index contributed by atoms with van der Waals surface area (Å²) in [5.74, 6) is 0.471. The van der Waals surface area contributed by atoms with Crippen molar-refractivity contribution in [2.24, 2.45) is 5.92 Å². The second-order valence-corrected chi connectivity index (χ2v) is 8.43. The van der Waals surface area contributed by atoms with Crippen LogP contribution in [0.1, 0.15) is 37.5 Å². The molecule has 30 heavy (non-hydrogen) atoms. The lowest BCUT2D eigenvalue weighted by Crippen LogP contribution is -2.49. The standard InChI is InChI=1S/C24H31ClN2O3/c1-16(2)13-26-24(29)19(5)27(14-20-8-6-17(3)7-9-20)23(28)15-30-21-10-11-22(25)18(4)12-21/h6-12,16,19H,13-15H2,1-5H3,(H,26,29)/t19-/m0/s1. The number of benzene rings is 2. The van der Waals surface area contributed by atoms with E-state index < -0.39 is 6.04 Å². The Labute approximate surface area is 184 Å². The van der Waals surface area contributed by atoms with Crippen LogP contribution < -0.4 is 10.1 Å². The average Bonchev–Trinajstić information content (AvgIpc) is 2.71. The maximum absolute atomic E-state index is 13.0. The van der Waals surface area contributed by atoms with Crippen LogP contribution in [-0.2, 0) is 16.1 Å². The van der Waals surface area contributed by atoms with E-state index in [4.69, 9.17) is 16.3 Å². The molecule has 0 heterocycles. The molecule has 0 bridgehead atoms. The second-order valence-electron chi connectivity index (χ2n) is 8.02. The number of amides is 2. The summed E-state index contributed by atoms with van der Waals surface area (Å²) in [6.07, 6.45) is 0. The summed E-state index contributed by atoms with van der Waals surface area (Å²) in [5, 5.41) is 3.55. The Bertz CT molecular complexity index is 865. The second kappa shape index (κ2) is 11.0. The summed E-state index contributed by atoms with van der Waals surface area (Å²) in [4.78, 5) is 27.2. The molecule has 2 aromatic carbocycles. The van der Waals surface area contributed by atoms with Gasteiger partial charge in [-0.05, 0) is 56.0 Å². The smallest absolute Gasteiger partial charge is 0.261 e. The Morgan fingerprint density at radius 1 is 1.07 bits per heavy atom. The number of hydrogen-bond donors (Lipinski definition) is 1. The zero-order valence-corrected chi connectivity index (χ0v) is 19.1. The van der Waals surface area contributed by atoms with Gasteiger partial charge in [0.1, 0.15) is 11.8 Å². The Kier molecular flexibility index (Phi) is 8.72. The van der Waals surface area contributed by atoms with Crippen LogP contribution in [-0.4, -0.2) is 35.9 Å². The molecule has 0 aromatic heterocycles. The highest BCUT2D eigenvalue weighted by atomic mass is 35.5. The van der Waals surface area contributed by atoms with Gasteiger partial charge in [-0.3, -0.25) is 9.59 Å². The number of carbonyl (C=O) groups is 2. The summed E-state index contributed by atoms with van der Waals surface area (Å²) in [7, 11) is 0. The third-order valence-corrected chi connectivity index (χ3v) is 5.24. The average molecular weight is 431 g/mol. The number of aryl methyl sites for hydroxylation is 2. The van der Waals surface area contributed by atoms with E-state index in [1.165, 1.54) is 0 Å². The minimum absolute atomic E-state index is 0.158. The fourth-order valence-corrected chi connectivity index (χ4v) is 2.98. The van der Waals surface area contributed by atoms with Gasteiger partial charge >= 0.3 is 0 Å². The van der Waals surface area contributed by atoms with Gasteiger partial charge in [0.05, 0.1) is 0 Å². The van der Waals surface area contributed by atoms with Crippen molar-refractivity contribution in [1.82, 2.24) is 10.2 Å². The molecule has 0 aliphatic carbocycles. The topological polar surface area (TPSA) is 58.6 Å². The van der Waals surface area contributed by atoms with E-state index in [9.17, 15) is 9.59 Å². The molecule has 0 spiro atoms. The molecule has 0 fully saturated rings. The maximum atomic E-state index is 13.0. The van der Waals surface area contributed by atoms with Crippen molar-refractivity contribution >= 4 is 23.4 Å². The van der Waals surface area contributed by atoms with Gasteiger partial charge < -0.3 is 15.0 Å². The highest BCUT2D eigenvalue weighted by molar-refractivity contribution is 6.31. The summed E-state index contributed by atoms with van der Waals surface area (Å²) < 4.78 is 5.69. The lowest BCUT2D eigenvalue weighted by molar-refractivity contribution is -0.142. The Hall–Kier alpha value is -2.53. The number of nitrogens with zero attached hydrogens (tertiary/aromatic N) is 1. The summed E-state index contributed by atoms with van der Waals surface area (Å²) in [6.45, 7) is 10.4. The van der Waals surface area contributed by atoms with Crippen LogP contribution in [0.5, 0.6) is 5.75 Å². The largest absolute Gasteiger partial charge is 0.484 e. The molecule has 2 rings (SSSR count). The van der Waals surface area contributed by atoms with E-state index in [1.807, 2.05) is 52.0 Å². The third-order valence-electron chi connectivity index (χ3n) is 4.82. The highest BCUT2D eigenvalue weighted by Crippen LogP contribution is 2.21. The van der Waals surface area contributed by atoms with Crippen molar-refractivity contribution in [1.29, 1.82) is 0 Å². The first-order valence-corrected chi connectivity index (χ1v) is 10.6. The number of ether oxygens (including phenoxy) is 1. The van der Waals surface area contributed by atoms with E-state index in [1.54, 1.807) is 30.0 Å². The van der Waals surface area contributed by atoms with Crippen LogP contribution in [0.2, 0.25) is 5.02 Å². The summed E-state index contributed by atoms with van der Waals surface area (Å²) in [5.41, 5.74) is 2.97. The summed E-state index contributed by atoms with van der Waals surface area (Å²) >= 11 is 6.05. The zero-order chi connectivity index (χ0) is 22.3. The molecule has 5 nitrogen and oxygen atoms in total. The predicted octanol–water partition coefficient (Wildman–Crippen LogP) is 4.53. The first-order chi connectivity index (χ1) is 14.2. The molecule has 0 radical (unpaired) electrons. The number of rotatable bonds is 9. The van der Waals surface area contributed by atoms with E-state index in [0.717, 1.165) is 16.7 Å². The van der Waals surface area contributed by atoms with Crippen molar-refractivity contribution in [3.63, 3.8) is 0 Å². The van der Waals surface area contributed by atoms with Gasteiger partial charge in [0.2, 0.25) is 5.91 Å². The molecule has 0 saturated heterocycles. The SMILES string of the molecule is Cc1ccc(CN(C(=O)COc2ccc(Cl)c(C)c2)[C@@H](C)C(=O)NCC(C)C)cc1. The van der Waals surface area contributed by atoms with Gasteiger partial charge in [-0.2, -0.15) is 0 Å². The molecule has 0 aliphatic heterocycles. The number of carbonyl (C=O) groups excluding carboxylic acids is 2. The quantitative estimate of drug-likeness (QED) is 0.636. The Morgan fingerprint density at radius 3 is 2.33 bits per heavy atom. The molecule has 0 aliphatic rings. The Morgan fingerprint density at radius 2 is 1.73 bits per heavy atom. The van der Waals surface area contributed by atoms with Crippen LogP contribution in [0.25, 0.3) is 0 Å². The Balaban J connectivity index is 2.13. The third kappa shape index (κ3) is 7.06. The van der Waals surface area contributed by atoms with Gasteiger partial charge in [0.15, 0.2) is 6.61 Å². The number of halogens is 1. The molecule has 2 aromatic rings. The zero-order valence-electron chi connectivity index (χ0n) is 18.4. The van der Waals surface area contributed by atoms with E-state index >= 15 is 0 Å². The molecule has 162 valence electrons. The van der Waals surface area contributed by atoms with Crippen molar-refractivity contribution in [3.8, 4) is 5.75 Å². The van der Waals surface area contributed by atoms with Crippen LogP contribution in [0.3, 0.4) is 0 Å². The minimum atomic E-state index is -0.617. The van der Waals surface area contributed by atoms with Crippen molar-refractivity contribution in [3.05, 3.63) is 64.2 Å². The lowest BCUT2D eigenvalue weighted by atomic mass is 10.1. The minimum Gasteiger partial charge on any atom is -0.484 e. The first-order valence-electron chi connectivity index (χ1n) is 10.2. The molecular formula is C24H31ClN2O3. The highest BCUT2D eigenvalue weighted by Gasteiger charge is 2.26. The number of nitrogens with one attached hydrogen (secondary N) is 1. The van der Waals surface area contributed by atoms with E-state index in [0.29, 0.717) is 29.8 Å². The predicted molar refractivity (Wildman–Crippen MR) is 121 cm³/mol. The van der Waals surface area contributed by atoms with Crippen LogP contribution in [0.15, 0.2) is 42.5 Å². The van der Waals surface area contributed by atoms with E-state index in [2.05, 4.69) is 5.32 Å². The molecule has 1 N–H and O–H groups in total. The van der Waals surface area contributed by atoms with E-state index in [-0.39, 0.29) is 18.4 Å². The van der Waals surface area contributed by atoms with Gasteiger partial charge in [-0.25, -0.2) is 0 Å². The van der Waals surface area contributed by atoms with Crippen LogP contribution in [0.4, 0.5) is 0 Å². The van der Waals surface area contributed by atoms with Crippen molar-refractivity contribution < 1.29 is 14.3 Å². The van der Waals surface area contributed by atoms with Gasteiger partial charge in [0, 0.05) is 18.1 Å². The summed E-state index contributed by atoms with van der Waals surface area (Å²) in [6, 6.07) is 12.6. The molecule has 0 unspecified atom stereocenters. The maximum Gasteiger partial charge on any atom is 0.261 e. The fraction of sp³-hybridized carbons (Fsp3) is 0.417. The van der Waals surface area contributed by atoms with Crippen molar-refractivity contribution in [2.75, 3.05) is 13.2 Å². The van der Waals surface area contributed by atoms with Gasteiger partial charge in [0.25, 0.3) is 5.91 Å². The van der Waals surface area contributed by atoms with Gasteiger partial charge in [-0.15, -0.1) is 0 Å². The first kappa shape index (κ1) is 23.7. The van der Waals surface area contributed by atoms with Crippen LogP contribution in [0, 0.1) is 19.8 Å². The van der Waals surface area contributed by atoms with Crippen molar-refractivity contribution in [2.45, 2.75) is 47.2 Å². The molecular weight excluding hydrogens is 400 g/mol. The number of hydrogen-bond acceptors (Lipinski definition) is 3. The molecule has 6 heteroatoms. The normalized spacial score (nSPS) is 11.8. The molecule has 2 amide bonds. The monoisotopic (exact) mass is 430 g/mol. The fourth-order valence-electron chi connectivity index (χ4n) is 2.86. The van der Waals surface area contributed by atoms with Gasteiger partial charge in [-0.1, -0.05) is 55.3 Å². The van der Waals surface area contributed by atoms with Crippen LogP contribution >= 0.6 is 11.6 Å². The molecule has 0 saturated carbocycles. The lowest BCUT2D eigenvalue weighted by Gasteiger charge is -2.29. The molecule has 1 atom stereocenters.